The molecule has 1 atom stereocenters. The van der Waals surface area contributed by atoms with Crippen molar-refractivity contribution in [2.45, 2.75) is 46.1 Å². The Hall–Kier alpha value is -4.24. The maximum atomic E-state index is 14.3. The van der Waals surface area contributed by atoms with E-state index in [2.05, 4.69) is 47.3 Å². The summed E-state index contributed by atoms with van der Waals surface area (Å²) in [5.74, 6) is 0.557. The first kappa shape index (κ1) is 28.9. The second-order valence-corrected chi connectivity index (χ2v) is 11.9. The number of anilines is 3. The Balaban J connectivity index is 1.40. The monoisotopic (exact) mass is 579 g/mol. The van der Waals surface area contributed by atoms with E-state index in [1.54, 1.807) is 0 Å². The number of hydrogen-bond donors (Lipinski definition) is 1. The summed E-state index contributed by atoms with van der Waals surface area (Å²) in [5.41, 5.74) is 6.25. The Morgan fingerprint density at radius 1 is 1.02 bits per heavy atom. The fourth-order valence-corrected chi connectivity index (χ4v) is 6.56. The molecule has 2 aromatic heterocycles. The molecule has 2 fully saturated rings. The van der Waals surface area contributed by atoms with Crippen LogP contribution in [0.4, 0.5) is 17.3 Å². The van der Waals surface area contributed by atoms with Gasteiger partial charge in [-0.2, -0.15) is 4.98 Å². The number of hydrogen-bond acceptors (Lipinski definition) is 7. The zero-order valence-corrected chi connectivity index (χ0v) is 25.6. The Morgan fingerprint density at radius 2 is 1.79 bits per heavy atom. The number of piperidine rings is 1. The number of likely N-dealkylation sites (N-methyl/N-ethyl adjacent to an activating group) is 1. The standard InChI is InChI=1S/C34H41N7O2/c1-5-30(42)40-15-9-12-27(22-40)41-32-28(24(3)31(33(41)43)25-10-7-6-8-11-25)21-35-34(37-32)36-26-13-14-29(23(2)20-26)39-18-16-38(4)17-19-39/h6-8,10-11,13-14,20-21,27H,5,9,12,15-19,22H2,1-4H3,(H,35,36,37)/t27-/m1/s1. The molecular weight excluding hydrogens is 538 g/mol. The smallest absolute Gasteiger partial charge is 0.260 e. The minimum Gasteiger partial charge on any atom is -0.369 e. The molecule has 2 aliphatic heterocycles. The van der Waals surface area contributed by atoms with Gasteiger partial charge in [-0.05, 0) is 68.6 Å². The van der Waals surface area contributed by atoms with Crippen LogP contribution in [0.2, 0.25) is 0 Å². The third-order valence-electron chi connectivity index (χ3n) is 8.98. The van der Waals surface area contributed by atoms with Gasteiger partial charge in [0.05, 0.1) is 11.6 Å². The quantitative estimate of drug-likeness (QED) is 0.338. The Bertz CT molecular complexity index is 1690. The average Bonchev–Trinajstić information content (AvgIpc) is 3.02. The molecule has 4 heterocycles. The van der Waals surface area contributed by atoms with Crippen molar-refractivity contribution in [3.63, 3.8) is 0 Å². The lowest BCUT2D eigenvalue weighted by Crippen LogP contribution is -2.44. The number of nitrogens with zero attached hydrogens (tertiary/aromatic N) is 6. The Labute approximate surface area is 253 Å². The predicted octanol–water partition coefficient (Wildman–Crippen LogP) is 5.14. The van der Waals surface area contributed by atoms with Crippen LogP contribution < -0.4 is 15.8 Å². The molecule has 2 aliphatic rings. The van der Waals surface area contributed by atoms with Gasteiger partial charge in [0.2, 0.25) is 11.9 Å². The molecule has 2 saturated heterocycles. The number of aryl methyl sites for hydroxylation is 2. The molecule has 9 heteroatoms. The molecule has 43 heavy (non-hydrogen) atoms. The number of amides is 1. The van der Waals surface area contributed by atoms with E-state index in [4.69, 9.17) is 9.97 Å². The number of carbonyl (C=O) groups excluding carboxylic acids is 1. The lowest BCUT2D eigenvalue weighted by molar-refractivity contribution is -0.132. The van der Waals surface area contributed by atoms with E-state index in [9.17, 15) is 9.59 Å². The van der Waals surface area contributed by atoms with Gasteiger partial charge in [0, 0.05) is 68.6 Å². The summed E-state index contributed by atoms with van der Waals surface area (Å²) in [6.45, 7) is 11.4. The van der Waals surface area contributed by atoms with Crippen LogP contribution in [-0.4, -0.2) is 76.6 Å². The maximum absolute atomic E-state index is 14.3. The van der Waals surface area contributed by atoms with Crippen LogP contribution in [0, 0.1) is 13.8 Å². The fraction of sp³-hybridized carbons (Fsp3) is 0.412. The van der Waals surface area contributed by atoms with Gasteiger partial charge in [-0.15, -0.1) is 0 Å². The number of piperazine rings is 1. The zero-order valence-electron chi connectivity index (χ0n) is 25.6. The van der Waals surface area contributed by atoms with Crippen molar-refractivity contribution in [1.29, 1.82) is 0 Å². The molecule has 1 amide bonds. The third kappa shape index (κ3) is 5.73. The van der Waals surface area contributed by atoms with Gasteiger partial charge < -0.3 is 20.0 Å². The molecule has 9 nitrogen and oxygen atoms in total. The van der Waals surface area contributed by atoms with Crippen LogP contribution in [0.15, 0.2) is 59.5 Å². The van der Waals surface area contributed by atoms with Crippen molar-refractivity contribution < 1.29 is 4.79 Å². The van der Waals surface area contributed by atoms with E-state index in [1.165, 1.54) is 11.3 Å². The number of carbonyl (C=O) groups is 1. The number of pyridine rings is 1. The second-order valence-electron chi connectivity index (χ2n) is 11.9. The Kier molecular flexibility index (Phi) is 8.17. The van der Waals surface area contributed by atoms with Crippen molar-refractivity contribution in [2.75, 3.05) is 56.5 Å². The van der Waals surface area contributed by atoms with Crippen LogP contribution in [0.25, 0.3) is 22.2 Å². The molecule has 0 radical (unpaired) electrons. The SMILES string of the molecule is CCC(=O)N1CCC[C@@H](n2c(=O)c(-c3ccccc3)c(C)c3cnc(Nc4ccc(N5CCN(C)CC5)c(C)c4)nc32)C1. The highest BCUT2D eigenvalue weighted by molar-refractivity contribution is 5.87. The lowest BCUT2D eigenvalue weighted by atomic mass is 9.98. The zero-order chi connectivity index (χ0) is 30.1. The summed E-state index contributed by atoms with van der Waals surface area (Å²) >= 11 is 0. The van der Waals surface area contributed by atoms with E-state index in [0.717, 1.165) is 67.8 Å². The first-order valence-corrected chi connectivity index (χ1v) is 15.4. The molecule has 224 valence electrons. The van der Waals surface area contributed by atoms with Gasteiger partial charge in [0.15, 0.2) is 0 Å². The summed E-state index contributed by atoms with van der Waals surface area (Å²) in [5, 5.41) is 4.23. The van der Waals surface area contributed by atoms with Gasteiger partial charge in [-0.3, -0.25) is 14.2 Å². The van der Waals surface area contributed by atoms with Crippen molar-refractivity contribution in [1.82, 2.24) is 24.3 Å². The number of nitrogens with one attached hydrogen (secondary N) is 1. The number of rotatable bonds is 6. The number of benzene rings is 2. The van der Waals surface area contributed by atoms with E-state index in [0.29, 0.717) is 30.1 Å². The van der Waals surface area contributed by atoms with Crippen LogP contribution in [0.5, 0.6) is 0 Å². The molecule has 6 rings (SSSR count). The largest absolute Gasteiger partial charge is 0.369 e. The van der Waals surface area contributed by atoms with Gasteiger partial charge in [-0.25, -0.2) is 4.98 Å². The summed E-state index contributed by atoms with van der Waals surface area (Å²) in [6.07, 6.45) is 3.92. The number of likely N-dealkylation sites (tertiary alicyclic amines) is 1. The number of fused-ring (bicyclic) bond motifs is 1. The number of aromatic nitrogens is 3. The van der Waals surface area contributed by atoms with Crippen LogP contribution in [-0.2, 0) is 4.79 Å². The molecule has 0 bridgehead atoms. The van der Waals surface area contributed by atoms with Crippen molar-refractivity contribution in [3.8, 4) is 11.1 Å². The molecule has 0 aliphatic carbocycles. The Morgan fingerprint density at radius 3 is 2.51 bits per heavy atom. The predicted molar refractivity (Wildman–Crippen MR) is 173 cm³/mol. The summed E-state index contributed by atoms with van der Waals surface area (Å²) in [6, 6.07) is 16.0. The van der Waals surface area contributed by atoms with Crippen molar-refractivity contribution in [2.24, 2.45) is 0 Å². The first-order chi connectivity index (χ1) is 20.8. The van der Waals surface area contributed by atoms with E-state index in [1.807, 2.05) is 59.8 Å². The van der Waals surface area contributed by atoms with Crippen LogP contribution >= 0.6 is 0 Å². The highest BCUT2D eigenvalue weighted by Gasteiger charge is 2.28. The highest BCUT2D eigenvalue weighted by Crippen LogP contribution is 2.31. The molecule has 2 aromatic carbocycles. The van der Waals surface area contributed by atoms with E-state index >= 15 is 0 Å². The molecular formula is C34H41N7O2. The average molecular weight is 580 g/mol. The topological polar surface area (TPSA) is 86.6 Å². The van der Waals surface area contributed by atoms with Gasteiger partial charge in [0.1, 0.15) is 5.65 Å². The molecule has 0 unspecified atom stereocenters. The van der Waals surface area contributed by atoms with Crippen molar-refractivity contribution >= 4 is 34.3 Å². The van der Waals surface area contributed by atoms with Crippen molar-refractivity contribution in [3.05, 3.63) is 76.2 Å². The maximum Gasteiger partial charge on any atom is 0.260 e. The minimum absolute atomic E-state index is 0.0796. The molecule has 0 saturated carbocycles. The van der Waals surface area contributed by atoms with Crippen LogP contribution in [0.3, 0.4) is 0 Å². The third-order valence-corrected chi connectivity index (χ3v) is 8.98. The lowest BCUT2D eigenvalue weighted by Gasteiger charge is -2.35. The van der Waals surface area contributed by atoms with E-state index < -0.39 is 0 Å². The minimum atomic E-state index is -0.171. The van der Waals surface area contributed by atoms with E-state index in [-0.39, 0.29) is 17.5 Å². The van der Waals surface area contributed by atoms with Crippen LogP contribution in [0.1, 0.15) is 43.4 Å². The van der Waals surface area contributed by atoms with Gasteiger partial charge in [-0.1, -0.05) is 37.3 Å². The normalized spacial score (nSPS) is 17.8. The molecule has 0 spiro atoms. The molecule has 1 N–H and O–H groups in total. The summed E-state index contributed by atoms with van der Waals surface area (Å²) < 4.78 is 1.83. The van der Waals surface area contributed by atoms with Gasteiger partial charge >= 0.3 is 0 Å². The second kappa shape index (κ2) is 12.2. The highest BCUT2D eigenvalue weighted by atomic mass is 16.2. The first-order valence-electron chi connectivity index (χ1n) is 15.4. The fourth-order valence-electron chi connectivity index (χ4n) is 6.56. The summed E-state index contributed by atoms with van der Waals surface area (Å²) in [4.78, 5) is 43.3. The van der Waals surface area contributed by atoms with Gasteiger partial charge in [0.25, 0.3) is 5.56 Å². The molecule has 4 aromatic rings. The summed E-state index contributed by atoms with van der Waals surface area (Å²) in [7, 11) is 2.17.